The van der Waals surface area contributed by atoms with Crippen molar-refractivity contribution in [3.63, 3.8) is 0 Å². The number of amides is 1. The zero-order valence-corrected chi connectivity index (χ0v) is 11.1. The van der Waals surface area contributed by atoms with E-state index < -0.39 is 0 Å². The van der Waals surface area contributed by atoms with Crippen LogP contribution in [-0.4, -0.2) is 22.7 Å². The second-order valence-corrected chi connectivity index (χ2v) is 4.72. The normalized spacial score (nSPS) is 18.1. The van der Waals surface area contributed by atoms with Crippen molar-refractivity contribution in [2.75, 3.05) is 11.9 Å². The Hall–Kier alpha value is -2.21. The van der Waals surface area contributed by atoms with Gasteiger partial charge in [0.05, 0.1) is 0 Å². The van der Waals surface area contributed by atoms with E-state index in [1.54, 1.807) is 12.1 Å². The van der Waals surface area contributed by atoms with Gasteiger partial charge < -0.3 is 14.6 Å². The van der Waals surface area contributed by atoms with Crippen LogP contribution in [0.4, 0.5) is 5.69 Å². The first-order valence-corrected chi connectivity index (χ1v) is 6.55. The van der Waals surface area contributed by atoms with Crippen molar-refractivity contribution < 1.29 is 14.1 Å². The van der Waals surface area contributed by atoms with Crippen LogP contribution >= 0.6 is 0 Å². The summed E-state index contributed by atoms with van der Waals surface area (Å²) in [6.45, 7) is 2.22. The summed E-state index contributed by atoms with van der Waals surface area (Å²) >= 11 is 0. The van der Waals surface area contributed by atoms with Gasteiger partial charge in [0.1, 0.15) is 6.10 Å². The van der Waals surface area contributed by atoms with Gasteiger partial charge in [-0.3, -0.25) is 4.79 Å². The summed E-state index contributed by atoms with van der Waals surface area (Å²) in [5.41, 5.74) is 1.58. The smallest absolute Gasteiger partial charge is 0.256 e. The topological polar surface area (TPSA) is 77.2 Å². The van der Waals surface area contributed by atoms with Gasteiger partial charge in [-0.15, -0.1) is 0 Å². The molecule has 0 aliphatic carbocycles. The van der Waals surface area contributed by atoms with Crippen LogP contribution in [0.25, 0.3) is 11.4 Å². The second-order valence-electron chi connectivity index (χ2n) is 4.72. The highest BCUT2D eigenvalue weighted by atomic mass is 16.5. The van der Waals surface area contributed by atoms with Gasteiger partial charge in [-0.1, -0.05) is 5.16 Å². The standard InChI is InChI=1S/C14H15N3O3/c1-9(18)15-11-6-4-10(5-7-11)13-16-14(20-17-13)12-3-2-8-19-12/h4-7,12H,2-3,8H2,1H3,(H,15,18). The Morgan fingerprint density at radius 2 is 2.15 bits per heavy atom. The van der Waals surface area contributed by atoms with Crippen molar-refractivity contribution in [1.29, 1.82) is 0 Å². The summed E-state index contributed by atoms with van der Waals surface area (Å²) in [6.07, 6.45) is 1.87. The average molecular weight is 273 g/mol. The van der Waals surface area contributed by atoms with Gasteiger partial charge >= 0.3 is 0 Å². The number of ether oxygens (including phenoxy) is 1. The SMILES string of the molecule is CC(=O)Nc1ccc(-c2noc(C3CCCO3)n2)cc1. The van der Waals surface area contributed by atoms with E-state index in [0.29, 0.717) is 11.7 Å². The quantitative estimate of drug-likeness (QED) is 0.929. The molecule has 6 heteroatoms. The Morgan fingerprint density at radius 1 is 1.35 bits per heavy atom. The van der Waals surface area contributed by atoms with Crippen molar-refractivity contribution >= 4 is 11.6 Å². The van der Waals surface area contributed by atoms with Crippen molar-refractivity contribution in [3.05, 3.63) is 30.2 Å². The monoisotopic (exact) mass is 273 g/mol. The van der Waals surface area contributed by atoms with Gasteiger partial charge in [-0.05, 0) is 37.1 Å². The summed E-state index contributed by atoms with van der Waals surface area (Å²) < 4.78 is 10.7. The molecule has 3 rings (SSSR count). The van der Waals surface area contributed by atoms with Crippen LogP contribution in [0, 0.1) is 0 Å². The predicted octanol–water partition coefficient (Wildman–Crippen LogP) is 2.55. The zero-order chi connectivity index (χ0) is 13.9. The second kappa shape index (κ2) is 5.42. The maximum absolute atomic E-state index is 11.0. The molecule has 1 aliphatic rings. The summed E-state index contributed by atoms with van der Waals surface area (Å²) in [5.74, 6) is 0.964. The molecule has 104 valence electrons. The summed E-state index contributed by atoms with van der Waals surface area (Å²) in [6, 6.07) is 7.29. The van der Waals surface area contributed by atoms with E-state index in [1.165, 1.54) is 6.92 Å². The molecule has 0 spiro atoms. The number of nitrogens with zero attached hydrogens (tertiary/aromatic N) is 2. The van der Waals surface area contributed by atoms with E-state index in [9.17, 15) is 4.79 Å². The van der Waals surface area contributed by atoms with Crippen LogP contribution < -0.4 is 5.32 Å². The fourth-order valence-corrected chi connectivity index (χ4v) is 2.16. The Balaban J connectivity index is 1.77. The number of aromatic nitrogens is 2. The first-order valence-electron chi connectivity index (χ1n) is 6.55. The molecule has 2 aromatic rings. The fourth-order valence-electron chi connectivity index (χ4n) is 2.16. The molecular weight excluding hydrogens is 258 g/mol. The van der Waals surface area contributed by atoms with Crippen LogP contribution in [0.5, 0.6) is 0 Å². The predicted molar refractivity (Wildman–Crippen MR) is 72.0 cm³/mol. The van der Waals surface area contributed by atoms with Crippen LogP contribution in [0.2, 0.25) is 0 Å². The van der Waals surface area contributed by atoms with Crippen LogP contribution in [0.3, 0.4) is 0 Å². The first kappa shape index (κ1) is 12.8. The van der Waals surface area contributed by atoms with Gasteiger partial charge in [0, 0.05) is 24.8 Å². The third kappa shape index (κ3) is 2.70. The van der Waals surface area contributed by atoms with Gasteiger partial charge in [0.25, 0.3) is 5.89 Å². The molecule has 1 aromatic heterocycles. The molecule has 0 bridgehead atoms. The first-order chi connectivity index (χ1) is 9.72. The van der Waals surface area contributed by atoms with Crippen molar-refractivity contribution in [2.45, 2.75) is 25.9 Å². The van der Waals surface area contributed by atoms with Crippen LogP contribution in [0.15, 0.2) is 28.8 Å². The fraction of sp³-hybridized carbons (Fsp3) is 0.357. The number of hydrogen-bond donors (Lipinski definition) is 1. The number of carbonyl (C=O) groups is 1. The lowest BCUT2D eigenvalue weighted by molar-refractivity contribution is -0.114. The van der Waals surface area contributed by atoms with Gasteiger partial charge in [-0.25, -0.2) is 0 Å². The Bertz CT molecular complexity index is 600. The van der Waals surface area contributed by atoms with E-state index in [-0.39, 0.29) is 12.0 Å². The molecule has 2 heterocycles. The number of carbonyl (C=O) groups excluding carboxylic acids is 1. The molecule has 0 radical (unpaired) electrons. The minimum Gasteiger partial charge on any atom is -0.368 e. The summed E-state index contributed by atoms with van der Waals surface area (Å²) in [5, 5.41) is 6.68. The van der Waals surface area contributed by atoms with Crippen molar-refractivity contribution in [3.8, 4) is 11.4 Å². The molecule has 6 nitrogen and oxygen atoms in total. The Kier molecular flexibility index (Phi) is 3.47. The number of benzene rings is 1. The third-order valence-corrected chi connectivity index (χ3v) is 3.11. The van der Waals surface area contributed by atoms with E-state index in [1.807, 2.05) is 12.1 Å². The van der Waals surface area contributed by atoms with Crippen LogP contribution in [0.1, 0.15) is 31.8 Å². The summed E-state index contributed by atoms with van der Waals surface area (Å²) in [4.78, 5) is 15.3. The lowest BCUT2D eigenvalue weighted by Gasteiger charge is -2.02. The van der Waals surface area contributed by atoms with Crippen LogP contribution in [-0.2, 0) is 9.53 Å². The lowest BCUT2D eigenvalue weighted by atomic mass is 10.2. The molecule has 1 fully saturated rings. The maximum atomic E-state index is 11.0. The molecule has 1 amide bonds. The molecule has 1 N–H and O–H groups in total. The highest BCUT2D eigenvalue weighted by Gasteiger charge is 2.24. The Morgan fingerprint density at radius 3 is 2.80 bits per heavy atom. The third-order valence-electron chi connectivity index (χ3n) is 3.11. The van der Waals surface area contributed by atoms with Gasteiger partial charge in [0.15, 0.2) is 0 Å². The number of anilines is 1. The molecule has 1 aromatic carbocycles. The number of nitrogens with one attached hydrogen (secondary N) is 1. The summed E-state index contributed by atoms with van der Waals surface area (Å²) in [7, 11) is 0. The van der Waals surface area contributed by atoms with E-state index in [2.05, 4.69) is 15.5 Å². The van der Waals surface area contributed by atoms with Gasteiger partial charge in [-0.2, -0.15) is 4.98 Å². The highest BCUT2D eigenvalue weighted by molar-refractivity contribution is 5.88. The number of rotatable bonds is 3. The largest absolute Gasteiger partial charge is 0.368 e. The highest BCUT2D eigenvalue weighted by Crippen LogP contribution is 2.28. The Labute approximate surface area is 116 Å². The molecule has 1 aliphatic heterocycles. The van der Waals surface area contributed by atoms with Gasteiger partial charge in [0.2, 0.25) is 11.7 Å². The minimum atomic E-state index is -0.0991. The van der Waals surface area contributed by atoms with Crippen molar-refractivity contribution in [2.24, 2.45) is 0 Å². The lowest BCUT2D eigenvalue weighted by Crippen LogP contribution is -2.05. The molecule has 0 saturated carbocycles. The molecule has 1 atom stereocenters. The van der Waals surface area contributed by atoms with Crippen molar-refractivity contribution in [1.82, 2.24) is 10.1 Å². The van der Waals surface area contributed by atoms with E-state index >= 15 is 0 Å². The molecule has 1 unspecified atom stereocenters. The molecular formula is C14H15N3O3. The zero-order valence-electron chi connectivity index (χ0n) is 11.1. The number of hydrogen-bond acceptors (Lipinski definition) is 5. The van der Waals surface area contributed by atoms with E-state index in [4.69, 9.17) is 9.26 Å². The van der Waals surface area contributed by atoms with E-state index in [0.717, 1.165) is 30.7 Å². The average Bonchev–Trinajstić information content (AvgIpc) is 3.10. The minimum absolute atomic E-state index is 0.0742. The molecule has 20 heavy (non-hydrogen) atoms. The molecule has 1 saturated heterocycles. The maximum Gasteiger partial charge on any atom is 0.256 e.